The van der Waals surface area contributed by atoms with E-state index in [0.717, 1.165) is 23.5 Å². The van der Waals surface area contributed by atoms with Gasteiger partial charge in [-0.1, -0.05) is 0 Å². The molecule has 7 heteroatoms. The SMILES string of the molecule is O=C1NCCN2CCN(C(=O)/C=C/c3cc(CO)cs3)CC12. The Morgan fingerprint density at radius 3 is 3.09 bits per heavy atom. The van der Waals surface area contributed by atoms with Crippen LogP contribution >= 0.6 is 11.3 Å². The van der Waals surface area contributed by atoms with Crippen molar-refractivity contribution in [2.75, 3.05) is 32.7 Å². The first kappa shape index (κ1) is 15.2. The van der Waals surface area contributed by atoms with Gasteiger partial charge in [0.15, 0.2) is 0 Å². The van der Waals surface area contributed by atoms with E-state index in [1.54, 1.807) is 17.1 Å². The molecule has 2 aliphatic rings. The molecule has 0 bridgehead atoms. The lowest BCUT2D eigenvalue weighted by molar-refractivity contribution is -0.137. The van der Waals surface area contributed by atoms with Crippen LogP contribution in [0.2, 0.25) is 0 Å². The number of thiophene rings is 1. The van der Waals surface area contributed by atoms with Gasteiger partial charge in [-0.25, -0.2) is 0 Å². The van der Waals surface area contributed by atoms with E-state index in [1.165, 1.54) is 11.3 Å². The molecule has 22 heavy (non-hydrogen) atoms. The number of aliphatic hydroxyl groups is 1. The highest BCUT2D eigenvalue weighted by molar-refractivity contribution is 7.11. The molecule has 0 radical (unpaired) electrons. The van der Waals surface area contributed by atoms with Gasteiger partial charge >= 0.3 is 0 Å². The lowest BCUT2D eigenvalue weighted by atomic mass is 10.1. The topological polar surface area (TPSA) is 72.9 Å². The number of aliphatic hydroxyl groups excluding tert-OH is 1. The molecule has 0 spiro atoms. The minimum absolute atomic E-state index is 0.0110. The highest BCUT2D eigenvalue weighted by Crippen LogP contribution is 2.17. The highest BCUT2D eigenvalue weighted by Gasteiger charge is 2.35. The lowest BCUT2D eigenvalue weighted by Gasteiger charge is -2.42. The Labute approximate surface area is 133 Å². The number of piperazine rings is 2. The summed E-state index contributed by atoms with van der Waals surface area (Å²) in [5.41, 5.74) is 0.851. The van der Waals surface area contributed by atoms with Crippen LogP contribution in [0, 0.1) is 0 Å². The van der Waals surface area contributed by atoms with Crippen molar-refractivity contribution in [3.8, 4) is 0 Å². The zero-order chi connectivity index (χ0) is 15.5. The summed E-state index contributed by atoms with van der Waals surface area (Å²) in [4.78, 5) is 29.0. The minimum Gasteiger partial charge on any atom is -0.392 e. The molecule has 2 aliphatic heterocycles. The van der Waals surface area contributed by atoms with E-state index in [9.17, 15) is 9.59 Å². The van der Waals surface area contributed by atoms with Crippen molar-refractivity contribution in [3.05, 3.63) is 28.0 Å². The van der Waals surface area contributed by atoms with E-state index in [2.05, 4.69) is 10.2 Å². The molecule has 3 rings (SSSR count). The molecule has 2 N–H and O–H groups in total. The molecule has 0 aliphatic carbocycles. The molecule has 2 fully saturated rings. The largest absolute Gasteiger partial charge is 0.392 e. The summed E-state index contributed by atoms with van der Waals surface area (Å²) in [6.45, 7) is 3.39. The van der Waals surface area contributed by atoms with Gasteiger partial charge in [-0.05, 0) is 23.1 Å². The molecule has 0 aromatic carbocycles. The monoisotopic (exact) mass is 321 g/mol. The number of amides is 2. The zero-order valence-electron chi connectivity index (χ0n) is 12.2. The van der Waals surface area contributed by atoms with Crippen molar-refractivity contribution in [2.24, 2.45) is 0 Å². The first-order chi connectivity index (χ1) is 10.7. The summed E-state index contributed by atoms with van der Waals surface area (Å²) in [5, 5.41) is 13.8. The number of fused-ring (bicyclic) bond motifs is 1. The van der Waals surface area contributed by atoms with Crippen molar-refractivity contribution in [3.63, 3.8) is 0 Å². The maximum atomic E-state index is 12.3. The van der Waals surface area contributed by atoms with Crippen LogP contribution in [0.5, 0.6) is 0 Å². The fourth-order valence-electron chi connectivity index (χ4n) is 2.80. The number of nitrogens with zero attached hydrogens (tertiary/aromatic N) is 2. The van der Waals surface area contributed by atoms with Crippen LogP contribution in [0.4, 0.5) is 0 Å². The van der Waals surface area contributed by atoms with Gasteiger partial charge in [0, 0.05) is 43.7 Å². The van der Waals surface area contributed by atoms with E-state index in [4.69, 9.17) is 5.11 Å². The lowest BCUT2D eigenvalue weighted by Crippen LogP contribution is -2.64. The standard InChI is InChI=1S/C15H19N3O3S/c19-9-11-7-12(22-10-11)1-2-14(20)18-6-5-17-4-3-16-15(21)13(17)8-18/h1-2,7,10,13,19H,3-6,8-9H2,(H,16,21)/b2-1+. The molecular weight excluding hydrogens is 302 g/mol. The van der Waals surface area contributed by atoms with Gasteiger partial charge in [0.2, 0.25) is 11.8 Å². The minimum atomic E-state index is -0.220. The molecule has 1 aromatic heterocycles. The van der Waals surface area contributed by atoms with Gasteiger partial charge < -0.3 is 15.3 Å². The molecule has 1 atom stereocenters. The fourth-order valence-corrected chi connectivity index (χ4v) is 3.60. The Kier molecular flexibility index (Phi) is 4.56. The van der Waals surface area contributed by atoms with Gasteiger partial charge in [0.05, 0.1) is 6.61 Å². The third-order valence-electron chi connectivity index (χ3n) is 4.05. The average Bonchev–Trinajstić information content (AvgIpc) is 3.01. The number of rotatable bonds is 3. The second kappa shape index (κ2) is 6.60. The molecule has 2 amide bonds. The summed E-state index contributed by atoms with van der Waals surface area (Å²) < 4.78 is 0. The van der Waals surface area contributed by atoms with Crippen molar-refractivity contribution in [2.45, 2.75) is 12.6 Å². The number of hydrogen-bond acceptors (Lipinski definition) is 5. The van der Waals surface area contributed by atoms with Crippen molar-refractivity contribution in [1.82, 2.24) is 15.1 Å². The maximum Gasteiger partial charge on any atom is 0.246 e. The van der Waals surface area contributed by atoms with Crippen molar-refractivity contribution < 1.29 is 14.7 Å². The van der Waals surface area contributed by atoms with Crippen LogP contribution in [0.3, 0.4) is 0 Å². The Balaban J connectivity index is 1.61. The number of carbonyl (C=O) groups is 2. The Morgan fingerprint density at radius 2 is 2.32 bits per heavy atom. The normalized spacial score (nSPS) is 22.7. The summed E-state index contributed by atoms with van der Waals surface area (Å²) in [5.74, 6) is -0.0597. The first-order valence-corrected chi connectivity index (χ1v) is 8.22. The third-order valence-corrected chi connectivity index (χ3v) is 5.00. The smallest absolute Gasteiger partial charge is 0.246 e. The Morgan fingerprint density at radius 1 is 1.45 bits per heavy atom. The van der Waals surface area contributed by atoms with Gasteiger partial charge in [-0.15, -0.1) is 11.3 Å². The molecule has 0 saturated carbocycles. The zero-order valence-corrected chi connectivity index (χ0v) is 13.0. The van der Waals surface area contributed by atoms with Crippen LogP contribution in [0.1, 0.15) is 10.4 Å². The molecule has 1 unspecified atom stereocenters. The van der Waals surface area contributed by atoms with E-state index in [1.807, 2.05) is 11.4 Å². The Hall–Kier alpha value is -1.70. The first-order valence-electron chi connectivity index (χ1n) is 7.34. The molecule has 118 valence electrons. The fraction of sp³-hybridized carbons (Fsp3) is 0.467. The number of carbonyl (C=O) groups excluding carboxylic acids is 2. The van der Waals surface area contributed by atoms with Crippen LogP contribution in [0.15, 0.2) is 17.5 Å². The van der Waals surface area contributed by atoms with Crippen LogP contribution in [-0.2, 0) is 16.2 Å². The van der Waals surface area contributed by atoms with Gasteiger partial charge in [-0.2, -0.15) is 0 Å². The van der Waals surface area contributed by atoms with E-state index >= 15 is 0 Å². The maximum absolute atomic E-state index is 12.3. The second-order valence-corrected chi connectivity index (χ2v) is 6.42. The summed E-state index contributed by atoms with van der Waals surface area (Å²) >= 11 is 1.49. The summed E-state index contributed by atoms with van der Waals surface area (Å²) in [6, 6.07) is 1.64. The van der Waals surface area contributed by atoms with Crippen molar-refractivity contribution >= 4 is 29.2 Å². The van der Waals surface area contributed by atoms with Gasteiger partial charge in [0.25, 0.3) is 0 Å². The molecule has 6 nitrogen and oxygen atoms in total. The quantitative estimate of drug-likeness (QED) is 0.763. The predicted octanol–water partition coefficient (Wildman–Crippen LogP) is -0.104. The Bertz CT molecular complexity index is 599. The summed E-state index contributed by atoms with van der Waals surface area (Å²) in [6.07, 6.45) is 3.31. The predicted molar refractivity (Wildman–Crippen MR) is 84.2 cm³/mol. The average molecular weight is 321 g/mol. The van der Waals surface area contributed by atoms with E-state index < -0.39 is 0 Å². The second-order valence-electron chi connectivity index (χ2n) is 5.48. The third kappa shape index (κ3) is 3.21. The molecular formula is C15H19N3O3S. The summed E-state index contributed by atoms with van der Waals surface area (Å²) in [7, 11) is 0. The van der Waals surface area contributed by atoms with Gasteiger partial charge in [0.1, 0.15) is 6.04 Å². The van der Waals surface area contributed by atoms with E-state index in [-0.39, 0.29) is 24.5 Å². The van der Waals surface area contributed by atoms with Gasteiger partial charge in [-0.3, -0.25) is 14.5 Å². The van der Waals surface area contributed by atoms with Crippen LogP contribution < -0.4 is 5.32 Å². The number of nitrogens with one attached hydrogen (secondary N) is 1. The number of hydrogen-bond donors (Lipinski definition) is 2. The highest BCUT2D eigenvalue weighted by atomic mass is 32.1. The molecule has 1 aromatic rings. The van der Waals surface area contributed by atoms with Crippen LogP contribution in [0.25, 0.3) is 6.08 Å². The van der Waals surface area contributed by atoms with E-state index in [0.29, 0.717) is 19.6 Å². The van der Waals surface area contributed by atoms with Crippen LogP contribution in [-0.4, -0.2) is 65.5 Å². The molecule has 3 heterocycles. The van der Waals surface area contributed by atoms with Crippen molar-refractivity contribution in [1.29, 1.82) is 0 Å². The molecule has 2 saturated heterocycles.